The summed E-state index contributed by atoms with van der Waals surface area (Å²) in [4.78, 5) is 4.29. The quantitative estimate of drug-likeness (QED) is 0.929. The van der Waals surface area contributed by atoms with Crippen molar-refractivity contribution < 1.29 is 18.0 Å². The molecule has 2 aromatic rings. The van der Waals surface area contributed by atoms with Crippen LogP contribution in [0.4, 0.5) is 8.78 Å². The lowest BCUT2D eigenvalue weighted by molar-refractivity contribution is 0.185. The SMILES string of the molecule is CNC1COCC1c1nc(Cc2ccc(F)cc2F)no1. The van der Waals surface area contributed by atoms with E-state index in [0.29, 0.717) is 30.5 Å². The fraction of sp³-hybridized carbons (Fsp3) is 0.429. The van der Waals surface area contributed by atoms with Crippen LogP contribution in [0.1, 0.15) is 23.2 Å². The van der Waals surface area contributed by atoms with Crippen LogP contribution in [0.25, 0.3) is 0 Å². The van der Waals surface area contributed by atoms with Gasteiger partial charge in [-0.05, 0) is 18.7 Å². The van der Waals surface area contributed by atoms with E-state index < -0.39 is 11.6 Å². The zero-order valence-corrected chi connectivity index (χ0v) is 11.5. The lowest BCUT2D eigenvalue weighted by atomic mass is 10.0. The summed E-state index contributed by atoms with van der Waals surface area (Å²) >= 11 is 0. The Balaban J connectivity index is 1.76. The van der Waals surface area contributed by atoms with Crippen molar-refractivity contribution in [3.63, 3.8) is 0 Å². The highest BCUT2D eigenvalue weighted by atomic mass is 19.1. The second-order valence-electron chi connectivity index (χ2n) is 5.00. The third-order valence-electron chi connectivity index (χ3n) is 3.62. The first kappa shape index (κ1) is 14.1. The summed E-state index contributed by atoms with van der Waals surface area (Å²) in [5, 5.41) is 6.99. The topological polar surface area (TPSA) is 60.2 Å². The van der Waals surface area contributed by atoms with E-state index in [1.807, 2.05) is 7.05 Å². The molecule has 0 spiro atoms. The molecule has 1 N–H and O–H groups in total. The van der Waals surface area contributed by atoms with Gasteiger partial charge in [0.1, 0.15) is 11.6 Å². The zero-order chi connectivity index (χ0) is 14.8. The third kappa shape index (κ3) is 2.93. The van der Waals surface area contributed by atoms with Crippen LogP contribution >= 0.6 is 0 Å². The summed E-state index contributed by atoms with van der Waals surface area (Å²) in [7, 11) is 1.84. The van der Waals surface area contributed by atoms with Gasteiger partial charge in [-0.3, -0.25) is 0 Å². The van der Waals surface area contributed by atoms with Gasteiger partial charge in [-0.25, -0.2) is 8.78 Å². The first-order valence-corrected chi connectivity index (χ1v) is 6.69. The first-order chi connectivity index (χ1) is 10.2. The van der Waals surface area contributed by atoms with Crippen LogP contribution in [-0.4, -0.2) is 36.4 Å². The van der Waals surface area contributed by atoms with Crippen molar-refractivity contribution in [3.05, 3.63) is 47.1 Å². The monoisotopic (exact) mass is 295 g/mol. The van der Waals surface area contributed by atoms with E-state index >= 15 is 0 Å². The van der Waals surface area contributed by atoms with E-state index in [1.165, 1.54) is 12.1 Å². The van der Waals surface area contributed by atoms with Gasteiger partial charge < -0.3 is 14.6 Å². The highest BCUT2D eigenvalue weighted by Gasteiger charge is 2.32. The van der Waals surface area contributed by atoms with E-state index in [-0.39, 0.29) is 18.4 Å². The molecule has 2 heterocycles. The molecule has 0 radical (unpaired) electrons. The Morgan fingerprint density at radius 3 is 2.95 bits per heavy atom. The van der Waals surface area contributed by atoms with Gasteiger partial charge in [0.2, 0.25) is 5.89 Å². The van der Waals surface area contributed by atoms with Crippen LogP contribution in [0.5, 0.6) is 0 Å². The molecule has 1 aromatic carbocycles. The second kappa shape index (κ2) is 5.87. The summed E-state index contributed by atoms with van der Waals surface area (Å²) in [5.74, 6) is -0.375. The molecule has 0 saturated carbocycles. The minimum absolute atomic E-state index is 0.00526. The summed E-state index contributed by atoms with van der Waals surface area (Å²) in [6.07, 6.45) is 0.160. The van der Waals surface area contributed by atoms with Gasteiger partial charge in [-0.1, -0.05) is 11.2 Å². The number of hydrogen-bond donors (Lipinski definition) is 1. The molecular formula is C14H15F2N3O2. The van der Waals surface area contributed by atoms with E-state index in [4.69, 9.17) is 9.26 Å². The Morgan fingerprint density at radius 1 is 1.33 bits per heavy atom. The summed E-state index contributed by atoms with van der Waals surface area (Å²) in [6.45, 7) is 1.10. The number of halogens is 2. The average molecular weight is 295 g/mol. The van der Waals surface area contributed by atoms with E-state index in [9.17, 15) is 8.78 Å². The Hall–Kier alpha value is -1.86. The van der Waals surface area contributed by atoms with Gasteiger partial charge in [0.15, 0.2) is 5.82 Å². The van der Waals surface area contributed by atoms with E-state index in [2.05, 4.69) is 15.5 Å². The van der Waals surface area contributed by atoms with Gasteiger partial charge in [-0.2, -0.15) is 4.98 Å². The molecule has 5 nitrogen and oxygen atoms in total. The van der Waals surface area contributed by atoms with Crippen molar-refractivity contribution >= 4 is 0 Å². The van der Waals surface area contributed by atoms with Crippen LogP contribution in [0.15, 0.2) is 22.7 Å². The third-order valence-corrected chi connectivity index (χ3v) is 3.62. The van der Waals surface area contributed by atoms with Crippen LogP contribution in [-0.2, 0) is 11.2 Å². The molecule has 0 aliphatic carbocycles. The number of hydrogen-bond acceptors (Lipinski definition) is 5. The fourth-order valence-corrected chi connectivity index (χ4v) is 2.41. The highest BCUT2D eigenvalue weighted by molar-refractivity contribution is 5.22. The smallest absolute Gasteiger partial charge is 0.233 e. The Labute approximate surface area is 120 Å². The molecule has 0 bridgehead atoms. The van der Waals surface area contributed by atoms with Crippen molar-refractivity contribution in [2.24, 2.45) is 0 Å². The minimum atomic E-state index is -0.612. The molecule has 2 atom stereocenters. The predicted molar refractivity (Wildman–Crippen MR) is 69.9 cm³/mol. The Morgan fingerprint density at radius 2 is 2.19 bits per heavy atom. The van der Waals surface area contributed by atoms with Crippen molar-refractivity contribution in [3.8, 4) is 0 Å². The lowest BCUT2D eigenvalue weighted by Crippen LogP contribution is -2.31. The Bertz CT molecular complexity index is 632. The molecule has 1 saturated heterocycles. The Kier molecular flexibility index (Phi) is 3.94. The number of ether oxygens (including phenoxy) is 1. The van der Waals surface area contributed by atoms with Crippen LogP contribution in [0.2, 0.25) is 0 Å². The van der Waals surface area contributed by atoms with Crippen molar-refractivity contribution in [1.82, 2.24) is 15.5 Å². The molecule has 1 aliphatic heterocycles. The maximum atomic E-state index is 13.6. The van der Waals surface area contributed by atoms with Crippen molar-refractivity contribution in [2.75, 3.05) is 20.3 Å². The van der Waals surface area contributed by atoms with Crippen LogP contribution < -0.4 is 5.32 Å². The highest BCUT2D eigenvalue weighted by Crippen LogP contribution is 2.24. The first-order valence-electron chi connectivity index (χ1n) is 6.69. The van der Waals surface area contributed by atoms with Crippen LogP contribution in [0, 0.1) is 11.6 Å². The fourth-order valence-electron chi connectivity index (χ4n) is 2.41. The molecule has 0 amide bonds. The number of nitrogens with one attached hydrogen (secondary N) is 1. The van der Waals surface area contributed by atoms with Gasteiger partial charge >= 0.3 is 0 Å². The minimum Gasteiger partial charge on any atom is -0.379 e. The number of benzene rings is 1. The number of likely N-dealkylation sites (N-methyl/N-ethyl adjacent to an activating group) is 1. The molecular weight excluding hydrogens is 280 g/mol. The zero-order valence-electron chi connectivity index (χ0n) is 11.5. The van der Waals surface area contributed by atoms with Crippen molar-refractivity contribution in [2.45, 2.75) is 18.4 Å². The summed E-state index contributed by atoms with van der Waals surface area (Å²) < 4.78 is 37.1. The van der Waals surface area contributed by atoms with Crippen LogP contribution in [0.3, 0.4) is 0 Å². The number of aromatic nitrogens is 2. The van der Waals surface area contributed by atoms with E-state index in [0.717, 1.165) is 6.07 Å². The second-order valence-corrected chi connectivity index (χ2v) is 5.00. The van der Waals surface area contributed by atoms with Gasteiger partial charge in [0.05, 0.1) is 19.1 Å². The maximum absolute atomic E-state index is 13.6. The molecule has 112 valence electrons. The van der Waals surface area contributed by atoms with Gasteiger partial charge in [-0.15, -0.1) is 0 Å². The number of rotatable bonds is 4. The van der Waals surface area contributed by atoms with Gasteiger partial charge in [0.25, 0.3) is 0 Å². The molecule has 1 aromatic heterocycles. The molecule has 7 heteroatoms. The largest absolute Gasteiger partial charge is 0.379 e. The summed E-state index contributed by atoms with van der Waals surface area (Å²) in [6, 6.07) is 3.57. The van der Waals surface area contributed by atoms with E-state index in [1.54, 1.807) is 0 Å². The molecule has 1 fully saturated rings. The normalized spacial score (nSPS) is 21.9. The maximum Gasteiger partial charge on any atom is 0.233 e. The standard InChI is InChI=1S/C14H15F2N3O2/c1-17-12-7-20-6-10(12)14-18-13(19-21-14)4-8-2-3-9(15)5-11(8)16/h2-3,5,10,12,17H,4,6-7H2,1H3. The lowest BCUT2D eigenvalue weighted by Gasteiger charge is -2.11. The molecule has 1 aliphatic rings. The molecule has 3 rings (SSSR count). The van der Waals surface area contributed by atoms with Crippen molar-refractivity contribution in [1.29, 1.82) is 0 Å². The van der Waals surface area contributed by atoms with Gasteiger partial charge in [0, 0.05) is 18.5 Å². The number of nitrogens with zero attached hydrogens (tertiary/aromatic N) is 2. The summed E-state index contributed by atoms with van der Waals surface area (Å²) in [5.41, 5.74) is 0.330. The molecule has 2 unspecified atom stereocenters. The molecule has 21 heavy (non-hydrogen) atoms. The average Bonchev–Trinajstić information content (AvgIpc) is 3.10. The predicted octanol–water partition coefficient (Wildman–Crippen LogP) is 1.64.